The van der Waals surface area contributed by atoms with Crippen LogP contribution in [0, 0.1) is 0 Å². The van der Waals surface area contributed by atoms with Crippen molar-refractivity contribution in [3.8, 4) is 5.75 Å². The zero-order valence-corrected chi connectivity index (χ0v) is 12.0. The number of nitrogens with one attached hydrogen (secondary N) is 1. The molecule has 1 aromatic rings. The van der Waals surface area contributed by atoms with E-state index in [0.29, 0.717) is 0 Å². The van der Waals surface area contributed by atoms with Gasteiger partial charge in [-0.15, -0.1) is 0 Å². The minimum absolute atomic E-state index is 0.131. The van der Waals surface area contributed by atoms with Crippen LogP contribution in [0.15, 0.2) is 27.8 Å². The summed E-state index contributed by atoms with van der Waals surface area (Å²) in [6, 6.07) is 5.68. The van der Waals surface area contributed by atoms with Crippen LogP contribution in [-0.2, 0) is 0 Å². The lowest BCUT2D eigenvalue weighted by atomic mass is 10.2. The van der Waals surface area contributed by atoms with Crippen LogP contribution >= 0.6 is 28.1 Å². The summed E-state index contributed by atoms with van der Waals surface area (Å²) in [6.45, 7) is 3.95. The van der Waals surface area contributed by atoms with Gasteiger partial charge in [0, 0.05) is 10.0 Å². The Morgan fingerprint density at radius 2 is 2.29 bits per heavy atom. The number of nitrogens with two attached hydrogens (primary N) is 1. The Hall–Kier alpha value is -1.14. The monoisotopic (exact) mass is 315 g/mol. The third-order valence-corrected chi connectivity index (χ3v) is 2.53. The first-order valence-corrected chi connectivity index (χ1v) is 6.24. The Morgan fingerprint density at radius 3 is 2.88 bits per heavy atom. The average Bonchev–Trinajstić information content (AvgIpc) is 2.21. The summed E-state index contributed by atoms with van der Waals surface area (Å²) in [5.74, 6) is 0.792. The minimum atomic E-state index is 0.131. The van der Waals surface area contributed by atoms with Crippen LogP contribution in [0.3, 0.4) is 0 Å². The van der Waals surface area contributed by atoms with Gasteiger partial charge in [0.15, 0.2) is 5.11 Å². The van der Waals surface area contributed by atoms with Crippen molar-refractivity contribution in [2.75, 3.05) is 0 Å². The molecule has 3 N–H and O–H groups in total. The van der Waals surface area contributed by atoms with Gasteiger partial charge in [0.25, 0.3) is 0 Å². The highest BCUT2D eigenvalue weighted by atomic mass is 79.9. The van der Waals surface area contributed by atoms with Gasteiger partial charge in [-0.2, -0.15) is 5.10 Å². The quantitative estimate of drug-likeness (QED) is 0.509. The number of hydrogen-bond acceptors (Lipinski definition) is 3. The molecule has 0 spiro atoms. The van der Waals surface area contributed by atoms with Crippen LogP contribution in [0.1, 0.15) is 19.4 Å². The molecule has 92 valence electrons. The second-order valence-corrected chi connectivity index (χ2v) is 4.88. The summed E-state index contributed by atoms with van der Waals surface area (Å²) in [7, 11) is 0. The van der Waals surface area contributed by atoms with Crippen molar-refractivity contribution in [1.29, 1.82) is 0 Å². The number of thiocarbonyl (C=S) groups is 1. The zero-order chi connectivity index (χ0) is 12.8. The molecule has 0 unspecified atom stereocenters. The molecule has 0 bridgehead atoms. The highest BCUT2D eigenvalue weighted by Crippen LogP contribution is 2.21. The van der Waals surface area contributed by atoms with Crippen molar-refractivity contribution in [3.05, 3.63) is 28.2 Å². The highest BCUT2D eigenvalue weighted by Gasteiger charge is 2.02. The molecule has 0 fully saturated rings. The van der Waals surface area contributed by atoms with E-state index in [1.807, 2.05) is 32.0 Å². The molecular formula is C11H14BrN3OS. The molecule has 0 aliphatic heterocycles. The van der Waals surface area contributed by atoms with Crippen molar-refractivity contribution in [2.45, 2.75) is 20.0 Å². The van der Waals surface area contributed by atoms with E-state index in [4.69, 9.17) is 10.5 Å². The molecular weight excluding hydrogens is 302 g/mol. The Kier molecular flexibility index (Phi) is 5.37. The summed E-state index contributed by atoms with van der Waals surface area (Å²) in [6.07, 6.45) is 1.76. The number of ether oxygens (including phenoxy) is 1. The van der Waals surface area contributed by atoms with Crippen LogP contribution in [0.25, 0.3) is 0 Å². The van der Waals surface area contributed by atoms with E-state index in [9.17, 15) is 0 Å². The Balaban J connectivity index is 2.83. The standard InChI is InChI=1S/C11H14BrN3OS/c1-7(2)16-9-3-4-10(12)8(5-9)6-14-15-11(13)17/h3-7H,1-2H3,(H3,13,15,17). The molecule has 0 amide bonds. The van der Waals surface area contributed by atoms with Gasteiger partial charge in [0.1, 0.15) is 5.75 Å². The molecule has 0 aromatic heterocycles. The van der Waals surface area contributed by atoms with Gasteiger partial charge < -0.3 is 10.5 Å². The molecule has 0 saturated heterocycles. The molecule has 0 atom stereocenters. The Morgan fingerprint density at radius 1 is 1.59 bits per heavy atom. The molecule has 4 nitrogen and oxygen atoms in total. The second kappa shape index (κ2) is 6.56. The fourth-order valence-corrected chi connectivity index (χ4v) is 1.53. The fourth-order valence-electron chi connectivity index (χ4n) is 1.13. The topological polar surface area (TPSA) is 59.6 Å². The molecule has 17 heavy (non-hydrogen) atoms. The van der Waals surface area contributed by atoms with E-state index in [2.05, 4.69) is 38.7 Å². The number of nitrogens with zero attached hydrogens (tertiary/aromatic N) is 1. The molecule has 0 heterocycles. The third-order valence-electron chi connectivity index (χ3n) is 1.72. The Labute approximate surface area is 114 Å². The molecule has 0 saturated carbocycles. The van der Waals surface area contributed by atoms with E-state index in [0.717, 1.165) is 15.8 Å². The minimum Gasteiger partial charge on any atom is -0.491 e. The number of hydrazone groups is 1. The van der Waals surface area contributed by atoms with Crippen LogP contribution < -0.4 is 15.9 Å². The summed E-state index contributed by atoms with van der Waals surface area (Å²) >= 11 is 8.07. The van der Waals surface area contributed by atoms with Crippen molar-refractivity contribution in [1.82, 2.24) is 5.43 Å². The van der Waals surface area contributed by atoms with Crippen LogP contribution in [0.5, 0.6) is 5.75 Å². The maximum Gasteiger partial charge on any atom is 0.184 e. The van der Waals surface area contributed by atoms with Gasteiger partial charge in [0.05, 0.1) is 12.3 Å². The lowest BCUT2D eigenvalue weighted by molar-refractivity contribution is 0.242. The molecule has 0 aliphatic rings. The molecule has 0 radical (unpaired) electrons. The maximum atomic E-state index is 5.58. The third kappa shape index (κ3) is 5.14. The number of halogens is 1. The summed E-state index contributed by atoms with van der Waals surface area (Å²) in [4.78, 5) is 0. The lowest BCUT2D eigenvalue weighted by Gasteiger charge is -2.10. The first-order chi connectivity index (χ1) is 7.99. The highest BCUT2D eigenvalue weighted by molar-refractivity contribution is 9.10. The van der Waals surface area contributed by atoms with E-state index in [-0.39, 0.29) is 11.2 Å². The van der Waals surface area contributed by atoms with Crippen molar-refractivity contribution in [2.24, 2.45) is 10.8 Å². The lowest BCUT2D eigenvalue weighted by Crippen LogP contribution is -2.24. The van der Waals surface area contributed by atoms with Gasteiger partial charge in [0.2, 0.25) is 0 Å². The molecule has 6 heteroatoms. The summed E-state index contributed by atoms with van der Waals surface area (Å²) < 4.78 is 6.50. The van der Waals surface area contributed by atoms with Gasteiger partial charge in [-0.1, -0.05) is 15.9 Å². The van der Waals surface area contributed by atoms with Crippen molar-refractivity contribution >= 4 is 39.5 Å². The SMILES string of the molecule is CC(C)Oc1ccc(Br)c(C=NNC(N)=S)c1. The predicted octanol–water partition coefficient (Wildman–Crippen LogP) is 2.40. The first kappa shape index (κ1) is 13.9. The van der Waals surface area contributed by atoms with Crippen molar-refractivity contribution < 1.29 is 4.74 Å². The average molecular weight is 316 g/mol. The Bertz CT molecular complexity index is 435. The summed E-state index contributed by atoms with van der Waals surface area (Å²) in [5.41, 5.74) is 8.64. The number of hydrogen-bond donors (Lipinski definition) is 2. The first-order valence-electron chi connectivity index (χ1n) is 5.03. The van der Waals surface area contributed by atoms with E-state index >= 15 is 0 Å². The van der Waals surface area contributed by atoms with Gasteiger partial charge >= 0.3 is 0 Å². The van der Waals surface area contributed by atoms with Crippen LogP contribution in [-0.4, -0.2) is 17.4 Å². The fraction of sp³-hybridized carbons (Fsp3) is 0.273. The van der Waals surface area contributed by atoms with E-state index in [1.54, 1.807) is 6.21 Å². The van der Waals surface area contributed by atoms with E-state index < -0.39 is 0 Å². The van der Waals surface area contributed by atoms with Gasteiger partial charge in [-0.05, 0) is 44.3 Å². The smallest absolute Gasteiger partial charge is 0.184 e. The zero-order valence-electron chi connectivity index (χ0n) is 9.61. The maximum absolute atomic E-state index is 5.58. The molecule has 1 rings (SSSR count). The van der Waals surface area contributed by atoms with Crippen LogP contribution in [0.2, 0.25) is 0 Å². The predicted molar refractivity (Wildman–Crippen MR) is 77.4 cm³/mol. The van der Waals surface area contributed by atoms with Gasteiger partial charge in [-0.3, -0.25) is 5.43 Å². The summed E-state index contributed by atoms with van der Waals surface area (Å²) in [5, 5.41) is 4.03. The second-order valence-electron chi connectivity index (χ2n) is 3.58. The largest absolute Gasteiger partial charge is 0.491 e. The van der Waals surface area contributed by atoms with Crippen LogP contribution in [0.4, 0.5) is 0 Å². The van der Waals surface area contributed by atoms with E-state index in [1.165, 1.54) is 0 Å². The molecule has 1 aromatic carbocycles. The molecule has 0 aliphatic carbocycles. The number of benzene rings is 1. The number of rotatable bonds is 4. The normalized spacial score (nSPS) is 10.8. The van der Waals surface area contributed by atoms with Crippen molar-refractivity contribution in [3.63, 3.8) is 0 Å². The van der Waals surface area contributed by atoms with Gasteiger partial charge in [-0.25, -0.2) is 0 Å².